The van der Waals surface area contributed by atoms with E-state index in [-0.39, 0.29) is 18.8 Å². The Morgan fingerprint density at radius 2 is 1.45 bits per heavy atom. The molecular formula is C30H38Cl2F2N2STi-2. The molecule has 1 saturated carbocycles. The molecule has 2 aliphatic heterocycles. The van der Waals surface area contributed by atoms with Gasteiger partial charge in [-0.2, -0.15) is 0 Å². The van der Waals surface area contributed by atoms with Gasteiger partial charge < -0.3 is 17.7 Å². The van der Waals surface area contributed by atoms with E-state index in [1.807, 2.05) is 0 Å². The first-order chi connectivity index (χ1) is 17.7. The molecule has 1 aliphatic carbocycles. The largest absolute Gasteiger partial charge is 0.468 e. The molecule has 0 aromatic heterocycles. The van der Waals surface area contributed by atoms with Crippen LogP contribution in [0.15, 0.2) is 54.1 Å². The van der Waals surface area contributed by atoms with Gasteiger partial charge in [-0.15, -0.1) is 11.8 Å². The van der Waals surface area contributed by atoms with Gasteiger partial charge in [-0.05, 0) is 61.4 Å². The van der Waals surface area contributed by atoms with E-state index in [2.05, 4.69) is 69.8 Å². The molecule has 0 spiro atoms. The minimum absolute atomic E-state index is 0. The van der Waals surface area contributed by atoms with Crippen LogP contribution in [-0.2, 0) is 17.0 Å². The normalized spacial score (nSPS) is 25.8. The third kappa shape index (κ3) is 7.66. The van der Waals surface area contributed by atoms with Crippen LogP contribution < -0.4 is 0 Å². The van der Waals surface area contributed by atoms with Crippen molar-refractivity contribution in [3.63, 3.8) is 0 Å². The molecule has 2 aromatic carbocycles. The quantitative estimate of drug-likeness (QED) is 0.146. The monoisotopic (exact) mass is 614 g/mol. The van der Waals surface area contributed by atoms with Crippen LogP contribution in [0.1, 0.15) is 58.1 Å². The molecular weight excluding hydrogens is 577 g/mol. The van der Waals surface area contributed by atoms with Gasteiger partial charge in [-0.1, -0.05) is 87.8 Å². The standard InChI is InChI=1S/C17H22S.C12H13F2N2.CH3.2ClH.Ti/c1-10-11(2)15-13(4)16(18-17(15)12(10)3)14-8-6-5-7-9-14;13-9-5-4-6-10(14)11(9)12(15)16-7-2-1-3-8-16;;;;/h5-12,15,17H,1-4H3;4-6H,1-3,7-8H2;1H3;2*1H;/q;2*-1;;;+2/p-2. The summed E-state index contributed by atoms with van der Waals surface area (Å²) < 4.78 is 26.8. The van der Waals surface area contributed by atoms with Crippen molar-refractivity contribution in [1.82, 2.24) is 4.90 Å². The van der Waals surface area contributed by atoms with Crippen LogP contribution in [0.4, 0.5) is 8.78 Å². The van der Waals surface area contributed by atoms with Crippen molar-refractivity contribution in [1.29, 1.82) is 0 Å². The molecule has 1 saturated heterocycles. The van der Waals surface area contributed by atoms with E-state index in [9.17, 15) is 14.2 Å². The van der Waals surface area contributed by atoms with Gasteiger partial charge in [0.15, 0.2) is 0 Å². The molecule has 0 N–H and O–H groups in total. The molecule has 8 heteroatoms. The van der Waals surface area contributed by atoms with Crippen LogP contribution in [0, 0.1) is 42.7 Å². The maximum Gasteiger partial charge on any atom is 0.133 e. The van der Waals surface area contributed by atoms with Gasteiger partial charge >= 0.3 is 35.6 Å². The summed E-state index contributed by atoms with van der Waals surface area (Å²) in [6, 6.07) is 14.5. The maximum absolute atomic E-state index is 13.4. The Bertz CT molecular complexity index is 1060. The number of amidine groups is 1. The summed E-state index contributed by atoms with van der Waals surface area (Å²) in [7, 11) is 9.78. The van der Waals surface area contributed by atoms with E-state index in [4.69, 9.17) is 18.6 Å². The first-order valence-corrected chi connectivity index (χ1v) is 18.0. The Hall–Kier alpha value is -0.846. The number of benzene rings is 2. The Labute approximate surface area is 249 Å². The van der Waals surface area contributed by atoms with Gasteiger partial charge in [0, 0.05) is 15.7 Å². The summed E-state index contributed by atoms with van der Waals surface area (Å²) in [5, 5.41) is 10.7. The summed E-state index contributed by atoms with van der Waals surface area (Å²) >= 11 is 1.58. The zero-order chi connectivity index (χ0) is 27.1. The Balaban J connectivity index is 0.000000238. The predicted molar refractivity (Wildman–Crippen MR) is 159 cm³/mol. The van der Waals surface area contributed by atoms with E-state index < -0.39 is 28.7 Å². The maximum atomic E-state index is 13.4. The van der Waals surface area contributed by atoms with E-state index in [0.717, 1.165) is 60.3 Å². The molecule has 5 rings (SSSR count). The van der Waals surface area contributed by atoms with Crippen molar-refractivity contribution in [2.45, 2.75) is 52.2 Å². The van der Waals surface area contributed by atoms with Gasteiger partial charge in [-0.3, -0.25) is 0 Å². The molecule has 0 amide bonds. The number of hydrogen-bond acceptors (Lipinski definition) is 1. The fourth-order valence-corrected chi connectivity index (χ4v) is 7.72. The van der Waals surface area contributed by atoms with Crippen LogP contribution >= 0.6 is 30.4 Å². The Morgan fingerprint density at radius 3 is 1.97 bits per heavy atom. The fourth-order valence-electron chi connectivity index (χ4n) is 5.79. The number of likely N-dealkylation sites (tertiary alicyclic amines) is 1. The molecule has 2 heterocycles. The van der Waals surface area contributed by atoms with Gasteiger partial charge in [0.25, 0.3) is 0 Å². The third-order valence-electron chi connectivity index (χ3n) is 8.09. The van der Waals surface area contributed by atoms with Crippen LogP contribution in [0.2, 0.25) is 0 Å². The van der Waals surface area contributed by atoms with Gasteiger partial charge in [-0.25, -0.2) is 8.78 Å². The number of hydrogen-bond donors (Lipinski definition) is 0. The summed E-state index contributed by atoms with van der Waals surface area (Å²) in [5.41, 5.74) is 2.74. The number of rotatable bonds is 2. The Morgan fingerprint density at radius 1 is 0.895 bits per heavy atom. The van der Waals surface area contributed by atoms with Gasteiger partial charge in [0.1, 0.15) is 11.6 Å². The van der Waals surface area contributed by atoms with Gasteiger partial charge in [0.2, 0.25) is 0 Å². The zero-order valence-corrected chi connectivity index (χ0v) is 26.7. The third-order valence-corrected chi connectivity index (χ3v) is 9.88. The van der Waals surface area contributed by atoms with E-state index in [1.54, 1.807) is 15.4 Å². The number of fused-ring (bicyclic) bond motifs is 1. The summed E-state index contributed by atoms with van der Waals surface area (Å²) in [5.74, 6) is 1.61. The molecule has 208 valence electrons. The number of allylic oxidation sites excluding steroid dienone is 1. The summed E-state index contributed by atoms with van der Waals surface area (Å²) in [6.45, 7) is 11.0. The molecule has 2 fully saturated rings. The van der Waals surface area contributed by atoms with Gasteiger partial charge in [0.05, 0.1) is 0 Å². The first-order valence-electron chi connectivity index (χ1n) is 12.9. The predicted octanol–water partition coefficient (Wildman–Crippen LogP) is 9.66. The first kappa shape index (κ1) is 33.4. The average molecular weight is 615 g/mol. The van der Waals surface area contributed by atoms with E-state index in [0.29, 0.717) is 13.1 Å². The minimum atomic E-state index is -0.719. The molecule has 5 atom stereocenters. The van der Waals surface area contributed by atoms with Crippen molar-refractivity contribution >= 4 is 41.1 Å². The van der Waals surface area contributed by atoms with Crippen molar-refractivity contribution in [3.8, 4) is 0 Å². The van der Waals surface area contributed by atoms with E-state index >= 15 is 0 Å². The Kier molecular flexibility index (Phi) is 13.9. The second-order valence-corrected chi connectivity index (χ2v) is 13.9. The summed E-state index contributed by atoms with van der Waals surface area (Å²) in [4.78, 5) is 3.18. The van der Waals surface area contributed by atoms with E-state index in [1.165, 1.54) is 11.6 Å². The average Bonchev–Trinajstić information content (AvgIpc) is 3.35. The van der Waals surface area contributed by atoms with Crippen molar-refractivity contribution in [2.24, 2.45) is 23.7 Å². The molecule has 3 aliphatic rings. The van der Waals surface area contributed by atoms with Crippen LogP contribution in [-0.4, -0.2) is 29.1 Å². The number of piperidine rings is 1. The molecule has 2 nitrogen and oxygen atoms in total. The zero-order valence-electron chi connectivity index (χ0n) is 22.9. The number of nitrogens with zero attached hydrogens (tertiary/aromatic N) is 2. The van der Waals surface area contributed by atoms with Crippen LogP contribution in [0.5, 0.6) is 0 Å². The molecule has 0 radical (unpaired) electrons. The molecule has 5 unspecified atom stereocenters. The fraction of sp³-hybridized carbons (Fsp3) is 0.467. The van der Waals surface area contributed by atoms with Crippen molar-refractivity contribution in [2.75, 3.05) is 13.1 Å². The van der Waals surface area contributed by atoms with Crippen LogP contribution in [0.25, 0.3) is 10.3 Å². The summed E-state index contributed by atoms with van der Waals surface area (Å²) in [6.07, 6.45) is 2.99. The topological polar surface area (TPSA) is 25.5 Å². The second-order valence-electron chi connectivity index (χ2n) is 10.1. The van der Waals surface area contributed by atoms with Crippen molar-refractivity contribution < 1.29 is 25.8 Å². The second kappa shape index (κ2) is 15.8. The SMILES string of the molecule is CC1=C(c2ccccc2)SC2C(C)C(C)C(C)C12.[CH3-].[Cl][Ti][Cl].[N-]=C(c1c(F)cccc1F)N1CCCCC1. The number of thioether (sulfide) groups is 1. The number of halogens is 4. The smallest absolute Gasteiger partial charge is 0.133 e. The minimum Gasteiger partial charge on any atom is -0.468 e. The molecule has 0 bridgehead atoms. The molecule has 2 aromatic rings. The van der Waals surface area contributed by atoms with Crippen molar-refractivity contribution in [3.05, 3.63) is 89.7 Å². The van der Waals surface area contributed by atoms with Crippen LogP contribution in [0.3, 0.4) is 0 Å². The molecule has 38 heavy (non-hydrogen) atoms.